The Kier molecular flexibility index (Phi) is 2.12. The van der Waals surface area contributed by atoms with Gasteiger partial charge in [0.2, 0.25) is 5.91 Å². The summed E-state index contributed by atoms with van der Waals surface area (Å²) in [6.45, 7) is -0.158. The first-order valence-electron chi connectivity index (χ1n) is 5.24. The molecule has 0 bridgehead atoms. The molecule has 1 saturated heterocycles. The summed E-state index contributed by atoms with van der Waals surface area (Å²) in [7, 11) is 0. The monoisotopic (exact) mass is 244 g/mol. The molecule has 7 nitrogen and oxygen atoms in total. The van der Waals surface area contributed by atoms with E-state index in [2.05, 4.69) is 10.3 Å². The summed E-state index contributed by atoms with van der Waals surface area (Å²) in [5.74, 6) is -0.433. The van der Waals surface area contributed by atoms with E-state index in [0.29, 0.717) is 5.65 Å². The minimum Gasteiger partial charge on any atom is -0.278 e. The maximum Gasteiger partial charge on any atom is 0.329 e. The number of nitrogens with one attached hydrogen (secondary N) is 1. The van der Waals surface area contributed by atoms with Crippen LogP contribution in [0, 0.1) is 0 Å². The predicted octanol–water partition coefficient (Wildman–Crippen LogP) is -0.249. The SMILES string of the molecule is O=C1CN(c2cnc3ccccn3c2=O)C(=O)N1. The fraction of sp³-hybridized carbons (Fsp3) is 0.0909. The van der Waals surface area contributed by atoms with Gasteiger partial charge < -0.3 is 0 Å². The van der Waals surface area contributed by atoms with Crippen molar-refractivity contribution in [2.24, 2.45) is 0 Å². The quantitative estimate of drug-likeness (QED) is 0.701. The molecule has 1 N–H and O–H groups in total. The molecule has 1 fully saturated rings. The van der Waals surface area contributed by atoms with Crippen LogP contribution in [0.5, 0.6) is 0 Å². The lowest BCUT2D eigenvalue weighted by molar-refractivity contribution is -0.117. The molecule has 3 amide bonds. The van der Waals surface area contributed by atoms with E-state index in [-0.39, 0.29) is 17.8 Å². The van der Waals surface area contributed by atoms with Gasteiger partial charge in [-0.1, -0.05) is 6.07 Å². The second kappa shape index (κ2) is 3.66. The van der Waals surface area contributed by atoms with E-state index in [4.69, 9.17) is 0 Å². The smallest absolute Gasteiger partial charge is 0.278 e. The van der Waals surface area contributed by atoms with E-state index < -0.39 is 11.9 Å². The lowest BCUT2D eigenvalue weighted by Crippen LogP contribution is -2.33. The van der Waals surface area contributed by atoms with Crippen LogP contribution in [-0.2, 0) is 4.79 Å². The summed E-state index contributed by atoms with van der Waals surface area (Å²) >= 11 is 0. The molecule has 2 aromatic rings. The number of anilines is 1. The Morgan fingerprint density at radius 1 is 1.22 bits per heavy atom. The van der Waals surface area contributed by atoms with Gasteiger partial charge >= 0.3 is 6.03 Å². The number of rotatable bonds is 1. The van der Waals surface area contributed by atoms with Crippen molar-refractivity contribution >= 4 is 23.3 Å². The molecule has 18 heavy (non-hydrogen) atoms. The van der Waals surface area contributed by atoms with Crippen LogP contribution < -0.4 is 15.8 Å². The molecule has 0 aromatic carbocycles. The molecule has 7 heteroatoms. The molecule has 1 aliphatic heterocycles. The maximum absolute atomic E-state index is 12.2. The summed E-state index contributed by atoms with van der Waals surface area (Å²) in [5, 5.41) is 2.11. The molecule has 2 aromatic heterocycles. The van der Waals surface area contributed by atoms with Gasteiger partial charge in [-0.3, -0.25) is 24.2 Å². The molecule has 0 radical (unpaired) electrons. The van der Waals surface area contributed by atoms with Crippen LogP contribution in [-0.4, -0.2) is 27.9 Å². The lowest BCUT2D eigenvalue weighted by atomic mass is 10.4. The van der Waals surface area contributed by atoms with Gasteiger partial charge in [-0.25, -0.2) is 9.78 Å². The van der Waals surface area contributed by atoms with E-state index in [9.17, 15) is 14.4 Å². The largest absolute Gasteiger partial charge is 0.329 e. The van der Waals surface area contributed by atoms with Crippen LogP contribution >= 0.6 is 0 Å². The Balaban J connectivity index is 2.19. The number of pyridine rings is 1. The first-order valence-corrected chi connectivity index (χ1v) is 5.24. The van der Waals surface area contributed by atoms with E-state index in [1.807, 2.05) is 0 Å². The van der Waals surface area contributed by atoms with Crippen molar-refractivity contribution in [3.63, 3.8) is 0 Å². The molecule has 3 heterocycles. The second-order valence-electron chi connectivity index (χ2n) is 3.82. The molecule has 90 valence electrons. The van der Waals surface area contributed by atoms with Gasteiger partial charge in [-0.05, 0) is 12.1 Å². The van der Waals surface area contributed by atoms with Crippen molar-refractivity contribution in [2.45, 2.75) is 0 Å². The normalized spacial score (nSPS) is 15.2. The Hall–Kier alpha value is -2.70. The highest BCUT2D eigenvalue weighted by Crippen LogP contribution is 2.11. The van der Waals surface area contributed by atoms with Gasteiger partial charge in [0.15, 0.2) is 0 Å². The van der Waals surface area contributed by atoms with Gasteiger partial charge in [0.05, 0.1) is 6.20 Å². The number of nitrogens with zero attached hydrogens (tertiary/aromatic N) is 3. The van der Waals surface area contributed by atoms with Crippen molar-refractivity contribution in [3.05, 3.63) is 40.9 Å². The average molecular weight is 244 g/mol. The number of fused-ring (bicyclic) bond motifs is 1. The number of amides is 3. The molecule has 0 aliphatic carbocycles. The van der Waals surface area contributed by atoms with Crippen LogP contribution in [0.3, 0.4) is 0 Å². The van der Waals surface area contributed by atoms with Crippen LogP contribution in [0.25, 0.3) is 5.65 Å². The van der Waals surface area contributed by atoms with Gasteiger partial charge in [0.25, 0.3) is 5.56 Å². The zero-order valence-corrected chi connectivity index (χ0v) is 9.16. The molecule has 3 rings (SSSR count). The second-order valence-corrected chi connectivity index (χ2v) is 3.82. The summed E-state index contributed by atoms with van der Waals surface area (Å²) < 4.78 is 1.32. The number of hydrogen-bond acceptors (Lipinski definition) is 4. The standard InChI is InChI=1S/C11H8N4O3/c16-9-6-15(11(18)13-9)7-5-12-8-3-1-2-4-14(8)10(7)17/h1-5H,6H2,(H,13,16,18). The zero-order valence-electron chi connectivity index (χ0n) is 9.16. The highest BCUT2D eigenvalue weighted by molar-refractivity contribution is 6.12. The van der Waals surface area contributed by atoms with Crippen LogP contribution in [0.4, 0.5) is 10.5 Å². The molecular formula is C11H8N4O3. The average Bonchev–Trinajstić information content (AvgIpc) is 2.69. The Labute approximate surface area is 101 Å². The van der Waals surface area contributed by atoms with Gasteiger partial charge in [0.1, 0.15) is 17.9 Å². The van der Waals surface area contributed by atoms with Crippen molar-refractivity contribution in [3.8, 4) is 0 Å². The fourth-order valence-electron chi connectivity index (χ4n) is 1.84. The molecule has 0 unspecified atom stereocenters. The molecular weight excluding hydrogens is 236 g/mol. The first-order chi connectivity index (χ1) is 8.66. The number of carbonyl (C=O) groups is 2. The molecule has 1 aliphatic rings. The van der Waals surface area contributed by atoms with Crippen LogP contribution in [0.2, 0.25) is 0 Å². The third kappa shape index (κ3) is 1.45. The summed E-state index contributed by atoms with van der Waals surface area (Å²) in [6.07, 6.45) is 2.86. The third-order valence-corrected chi connectivity index (χ3v) is 2.68. The number of hydrogen-bond donors (Lipinski definition) is 1. The number of aromatic nitrogens is 2. The van der Waals surface area contributed by atoms with Gasteiger partial charge in [0, 0.05) is 6.20 Å². The molecule has 0 spiro atoms. The van der Waals surface area contributed by atoms with Crippen molar-refractivity contribution in [1.82, 2.24) is 14.7 Å². The Morgan fingerprint density at radius 3 is 2.78 bits per heavy atom. The first kappa shape index (κ1) is 10.5. The van der Waals surface area contributed by atoms with E-state index in [1.165, 1.54) is 10.6 Å². The lowest BCUT2D eigenvalue weighted by Gasteiger charge is -2.12. The fourth-order valence-corrected chi connectivity index (χ4v) is 1.84. The molecule has 0 atom stereocenters. The van der Waals surface area contributed by atoms with E-state index >= 15 is 0 Å². The van der Waals surface area contributed by atoms with E-state index in [0.717, 1.165) is 4.90 Å². The molecule has 0 saturated carbocycles. The van der Waals surface area contributed by atoms with Gasteiger partial charge in [-0.15, -0.1) is 0 Å². The van der Waals surface area contributed by atoms with Crippen LogP contribution in [0.15, 0.2) is 35.4 Å². The van der Waals surface area contributed by atoms with Crippen molar-refractivity contribution in [2.75, 3.05) is 11.4 Å². The predicted molar refractivity (Wildman–Crippen MR) is 62.3 cm³/mol. The van der Waals surface area contributed by atoms with Crippen LogP contribution in [0.1, 0.15) is 0 Å². The topological polar surface area (TPSA) is 83.8 Å². The minimum atomic E-state index is -0.602. The number of urea groups is 1. The van der Waals surface area contributed by atoms with E-state index in [1.54, 1.807) is 24.4 Å². The van der Waals surface area contributed by atoms with Crippen molar-refractivity contribution in [1.29, 1.82) is 0 Å². The third-order valence-electron chi connectivity index (χ3n) is 2.68. The Bertz CT molecular complexity index is 722. The highest BCUT2D eigenvalue weighted by Gasteiger charge is 2.30. The minimum absolute atomic E-state index is 0.0852. The maximum atomic E-state index is 12.2. The zero-order chi connectivity index (χ0) is 12.7. The van der Waals surface area contributed by atoms with Crippen molar-refractivity contribution < 1.29 is 9.59 Å². The summed E-state index contributed by atoms with van der Waals surface area (Å²) in [4.78, 5) is 39.9. The number of carbonyl (C=O) groups excluding carboxylic acids is 2. The summed E-state index contributed by atoms with van der Waals surface area (Å²) in [5.41, 5.74) is 0.185. The summed E-state index contributed by atoms with van der Waals surface area (Å²) in [6, 6.07) is 4.53. The van der Waals surface area contributed by atoms with Gasteiger partial charge in [-0.2, -0.15) is 0 Å². The Morgan fingerprint density at radius 2 is 2.06 bits per heavy atom. The number of imide groups is 1. The highest BCUT2D eigenvalue weighted by atomic mass is 16.2.